The van der Waals surface area contributed by atoms with Crippen molar-refractivity contribution in [2.45, 2.75) is 6.92 Å². The Kier molecular flexibility index (Phi) is 8.43. The van der Waals surface area contributed by atoms with Gasteiger partial charge in [-0.05, 0) is 31.2 Å². The quantitative estimate of drug-likeness (QED) is 0.370. The highest BCUT2D eigenvalue weighted by Gasteiger charge is 2.17. The van der Waals surface area contributed by atoms with Crippen LogP contribution in [0.4, 0.5) is 5.69 Å². The topological polar surface area (TPSA) is 103 Å². The van der Waals surface area contributed by atoms with Crippen molar-refractivity contribution in [2.24, 2.45) is 0 Å². The molecule has 0 unspecified atom stereocenters. The molecular formula is C22H24N2O6. The Bertz CT molecular complexity index is 921. The van der Waals surface area contributed by atoms with Gasteiger partial charge in [-0.25, -0.2) is 9.59 Å². The van der Waals surface area contributed by atoms with Gasteiger partial charge in [0.1, 0.15) is 18.1 Å². The molecule has 0 saturated heterocycles. The molecule has 0 aliphatic heterocycles. The van der Waals surface area contributed by atoms with Crippen molar-refractivity contribution in [2.75, 3.05) is 32.7 Å². The van der Waals surface area contributed by atoms with E-state index in [1.807, 2.05) is 31.2 Å². The van der Waals surface area contributed by atoms with E-state index in [0.29, 0.717) is 18.0 Å². The highest BCUT2D eigenvalue weighted by atomic mass is 16.5. The Balaban J connectivity index is 2.02. The van der Waals surface area contributed by atoms with Gasteiger partial charge in [0.05, 0.1) is 38.1 Å². The molecule has 0 spiro atoms. The first-order valence-corrected chi connectivity index (χ1v) is 9.16. The molecule has 0 saturated carbocycles. The normalized spacial score (nSPS) is 10.7. The molecule has 0 heterocycles. The summed E-state index contributed by atoms with van der Waals surface area (Å²) >= 11 is 0. The van der Waals surface area contributed by atoms with Crippen molar-refractivity contribution >= 4 is 23.5 Å². The lowest BCUT2D eigenvalue weighted by Crippen LogP contribution is -2.29. The number of amides is 1. The molecule has 0 aromatic heterocycles. The van der Waals surface area contributed by atoms with Gasteiger partial charge in [0.25, 0.3) is 5.91 Å². The van der Waals surface area contributed by atoms with Crippen LogP contribution in [0.15, 0.2) is 60.3 Å². The third-order valence-corrected chi connectivity index (χ3v) is 3.99. The van der Waals surface area contributed by atoms with Crippen LogP contribution in [0.5, 0.6) is 5.75 Å². The van der Waals surface area contributed by atoms with Gasteiger partial charge < -0.3 is 24.8 Å². The smallest absolute Gasteiger partial charge is 0.354 e. The summed E-state index contributed by atoms with van der Waals surface area (Å²) in [5.41, 5.74) is 1.59. The lowest BCUT2D eigenvalue weighted by Gasteiger charge is -2.14. The average molecular weight is 412 g/mol. The predicted octanol–water partition coefficient (Wildman–Crippen LogP) is 2.45. The number of hydrogen-bond donors (Lipinski definition) is 2. The van der Waals surface area contributed by atoms with E-state index in [-0.39, 0.29) is 23.7 Å². The molecule has 0 aliphatic rings. The predicted molar refractivity (Wildman–Crippen MR) is 111 cm³/mol. The number of ether oxygens (including phenoxy) is 3. The fraction of sp³-hybridized carbons (Fsp3) is 0.227. The molecule has 2 aromatic rings. The van der Waals surface area contributed by atoms with Gasteiger partial charge in [-0.2, -0.15) is 0 Å². The minimum atomic E-state index is -0.776. The standard InChI is InChI=1S/C22H24N2O6/c1-15-8-10-16(11-9-15)30-13-12-23-21(26)17-6-4-5-7-18(17)24-19(22(27)29-3)14-20(25)28-2/h4-11,14,24H,12-13H2,1-3H3,(H,23,26)/b19-14+. The van der Waals surface area contributed by atoms with Crippen LogP contribution < -0.4 is 15.4 Å². The summed E-state index contributed by atoms with van der Waals surface area (Å²) < 4.78 is 14.8. The van der Waals surface area contributed by atoms with Crippen LogP contribution >= 0.6 is 0 Å². The number of aryl methyl sites for hydroxylation is 1. The molecule has 8 nitrogen and oxygen atoms in total. The van der Waals surface area contributed by atoms with Crippen molar-refractivity contribution in [3.05, 3.63) is 71.4 Å². The van der Waals surface area contributed by atoms with Gasteiger partial charge in [0.15, 0.2) is 0 Å². The first-order chi connectivity index (χ1) is 14.4. The molecule has 158 valence electrons. The van der Waals surface area contributed by atoms with Crippen LogP contribution in [0.3, 0.4) is 0 Å². The van der Waals surface area contributed by atoms with E-state index >= 15 is 0 Å². The molecule has 8 heteroatoms. The number of hydrogen-bond acceptors (Lipinski definition) is 7. The summed E-state index contributed by atoms with van der Waals surface area (Å²) in [6.07, 6.45) is 0.954. The second-order valence-electron chi connectivity index (χ2n) is 6.16. The van der Waals surface area contributed by atoms with Crippen molar-refractivity contribution in [1.82, 2.24) is 5.32 Å². The van der Waals surface area contributed by atoms with Crippen LogP contribution in [0.25, 0.3) is 0 Å². The van der Waals surface area contributed by atoms with Crippen LogP contribution in [0.1, 0.15) is 15.9 Å². The molecule has 2 rings (SSSR count). The van der Waals surface area contributed by atoms with Crippen LogP contribution in [0, 0.1) is 6.92 Å². The van der Waals surface area contributed by atoms with Gasteiger partial charge in [-0.15, -0.1) is 0 Å². The van der Waals surface area contributed by atoms with Gasteiger partial charge in [-0.1, -0.05) is 29.8 Å². The maximum atomic E-state index is 12.6. The number of methoxy groups -OCH3 is 2. The molecule has 0 bridgehead atoms. The maximum Gasteiger partial charge on any atom is 0.354 e. The van der Waals surface area contributed by atoms with E-state index in [1.165, 1.54) is 14.2 Å². The number of nitrogens with one attached hydrogen (secondary N) is 2. The van der Waals surface area contributed by atoms with E-state index in [4.69, 9.17) is 4.74 Å². The first-order valence-electron chi connectivity index (χ1n) is 9.16. The van der Waals surface area contributed by atoms with E-state index in [9.17, 15) is 14.4 Å². The Morgan fingerprint density at radius 2 is 1.67 bits per heavy atom. The van der Waals surface area contributed by atoms with Crippen molar-refractivity contribution in [3.8, 4) is 5.75 Å². The van der Waals surface area contributed by atoms with Crippen molar-refractivity contribution in [1.29, 1.82) is 0 Å². The molecule has 0 radical (unpaired) electrons. The first kappa shape index (κ1) is 22.5. The number of esters is 2. The van der Waals surface area contributed by atoms with Crippen molar-refractivity contribution in [3.63, 3.8) is 0 Å². The molecule has 2 aromatic carbocycles. The molecule has 0 aliphatic carbocycles. The van der Waals surface area contributed by atoms with E-state index in [1.54, 1.807) is 24.3 Å². The van der Waals surface area contributed by atoms with E-state index in [2.05, 4.69) is 20.1 Å². The number of benzene rings is 2. The fourth-order valence-electron chi connectivity index (χ4n) is 2.43. The molecule has 0 atom stereocenters. The van der Waals surface area contributed by atoms with Crippen LogP contribution in [-0.4, -0.2) is 45.2 Å². The monoisotopic (exact) mass is 412 g/mol. The summed E-state index contributed by atoms with van der Waals surface area (Å²) in [6, 6.07) is 14.2. The zero-order valence-corrected chi connectivity index (χ0v) is 17.1. The Morgan fingerprint density at radius 3 is 2.33 bits per heavy atom. The van der Waals surface area contributed by atoms with Crippen LogP contribution in [0.2, 0.25) is 0 Å². The second kappa shape index (κ2) is 11.3. The molecular weight excluding hydrogens is 388 g/mol. The number of anilines is 1. The Labute approximate surface area is 174 Å². The lowest BCUT2D eigenvalue weighted by atomic mass is 10.1. The Hall–Kier alpha value is -3.81. The summed E-state index contributed by atoms with van der Waals surface area (Å²) in [5.74, 6) is -1.17. The lowest BCUT2D eigenvalue weighted by molar-refractivity contribution is -0.138. The number of carbonyl (C=O) groups is 3. The summed E-state index contributed by atoms with van der Waals surface area (Å²) in [5, 5.41) is 5.52. The summed E-state index contributed by atoms with van der Waals surface area (Å²) in [4.78, 5) is 36.0. The SMILES string of the molecule is COC(=O)/C=C(/Nc1ccccc1C(=O)NCCOc1ccc(C)cc1)C(=O)OC. The largest absolute Gasteiger partial charge is 0.492 e. The number of carbonyl (C=O) groups excluding carboxylic acids is 3. The minimum Gasteiger partial charge on any atom is -0.492 e. The van der Waals surface area contributed by atoms with Gasteiger partial charge in [0.2, 0.25) is 0 Å². The van der Waals surface area contributed by atoms with Gasteiger partial charge in [0, 0.05) is 0 Å². The third-order valence-electron chi connectivity index (χ3n) is 3.99. The van der Waals surface area contributed by atoms with Crippen LogP contribution in [-0.2, 0) is 19.1 Å². The minimum absolute atomic E-state index is 0.160. The molecule has 2 N–H and O–H groups in total. The summed E-state index contributed by atoms with van der Waals surface area (Å²) in [7, 11) is 2.37. The average Bonchev–Trinajstić information content (AvgIpc) is 2.76. The maximum absolute atomic E-state index is 12.6. The summed E-state index contributed by atoms with van der Waals surface area (Å²) in [6.45, 7) is 2.56. The zero-order valence-electron chi connectivity index (χ0n) is 17.1. The third kappa shape index (κ3) is 6.66. The number of rotatable bonds is 9. The van der Waals surface area contributed by atoms with Gasteiger partial charge >= 0.3 is 11.9 Å². The van der Waals surface area contributed by atoms with E-state index < -0.39 is 11.9 Å². The second-order valence-corrected chi connectivity index (χ2v) is 6.16. The van der Waals surface area contributed by atoms with Gasteiger partial charge in [-0.3, -0.25) is 4.79 Å². The molecule has 30 heavy (non-hydrogen) atoms. The molecule has 1 amide bonds. The molecule has 0 fully saturated rings. The highest BCUT2D eigenvalue weighted by Crippen LogP contribution is 2.18. The number of para-hydroxylation sites is 1. The zero-order chi connectivity index (χ0) is 21.9. The van der Waals surface area contributed by atoms with Crippen molar-refractivity contribution < 1.29 is 28.6 Å². The Morgan fingerprint density at radius 1 is 0.967 bits per heavy atom. The van der Waals surface area contributed by atoms with E-state index in [0.717, 1.165) is 11.6 Å². The highest BCUT2D eigenvalue weighted by molar-refractivity contribution is 6.03. The fourth-order valence-corrected chi connectivity index (χ4v) is 2.43.